The number of rotatable bonds is 2. The van der Waals surface area contributed by atoms with Gasteiger partial charge in [-0.25, -0.2) is 4.79 Å². The van der Waals surface area contributed by atoms with E-state index in [-0.39, 0.29) is 11.3 Å². The van der Waals surface area contributed by atoms with Crippen molar-refractivity contribution in [2.75, 3.05) is 0 Å². The molecule has 0 amide bonds. The van der Waals surface area contributed by atoms with Crippen LogP contribution in [-0.2, 0) is 0 Å². The van der Waals surface area contributed by atoms with Crippen LogP contribution in [0.15, 0.2) is 21.8 Å². The zero-order valence-electron chi connectivity index (χ0n) is 6.74. The molecule has 0 bridgehead atoms. The average molecular weight is 244 g/mol. The summed E-state index contributed by atoms with van der Waals surface area (Å²) in [5, 5.41) is 11.5. The SMILES string of the molecule is Cc1c(N=O)cc(Br)cc1C(=O)O. The van der Waals surface area contributed by atoms with Gasteiger partial charge in [0.25, 0.3) is 0 Å². The number of carboxylic acid groups (broad SMARTS) is 1. The van der Waals surface area contributed by atoms with Gasteiger partial charge in [0, 0.05) is 4.47 Å². The maximum atomic E-state index is 10.7. The van der Waals surface area contributed by atoms with Crippen LogP contribution >= 0.6 is 15.9 Å². The fourth-order valence-corrected chi connectivity index (χ4v) is 1.43. The zero-order chi connectivity index (χ0) is 10.0. The highest BCUT2D eigenvalue weighted by molar-refractivity contribution is 9.10. The van der Waals surface area contributed by atoms with E-state index in [1.54, 1.807) is 6.92 Å². The van der Waals surface area contributed by atoms with Crippen molar-refractivity contribution in [2.45, 2.75) is 6.92 Å². The topological polar surface area (TPSA) is 66.7 Å². The van der Waals surface area contributed by atoms with E-state index in [1.807, 2.05) is 0 Å². The second-order valence-electron chi connectivity index (χ2n) is 2.49. The van der Waals surface area contributed by atoms with Crippen molar-refractivity contribution >= 4 is 27.6 Å². The smallest absolute Gasteiger partial charge is 0.336 e. The molecule has 68 valence electrons. The lowest BCUT2D eigenvalue weighted by atomic mass is 10.1. The van der Waals surface area contributed by atoms with E-state index in [0.717, 1.165) is 0 Å². The second kappa shape index (κ2) is 3.66. The summed E-state index contributed by atoms with van der Waals surface area (Å²) in [5.74, 6) is -1.07. The van der Waals surface area contributed by atoms with Gasteiger partial charge in [0.2, 0.25) is 0 Å². The second-order valence-corrected chi connectivity index (χ2v) is 3.41. The number of hydrogen-bond acceptors (Lipinski definition) is 3. The van der Waals surface area contributed by atoms with Crippen LogP contribution in [0.25, 0.3) is 0 Å². The van der Waals surface area contributed by atoms with E-state index in [1.165, 1.54) is 12.1 Å². The first-order chi connectivity index (χ1) is 6.06. The Balaban J connectivity index is 3.44. The number of aromatic carboxylic acids is 1. The Morgan fingerprint density at radius 2 is 2.15 bits per heavy atom. The van der Waals surface area contributed by atoms with E-state index in [9.17, 15) is 9.70 Å². The first kappa shape index (κ1) is 9.85. The maximum absolute atomic E-state index is 10.7. The molecule has 0 fully saturated rings. The fourth-order valence-electron chi connectivity index (χ4n) is 0.982. The fraction of sp³-hybridized carbons (Fsp3) is 0.125. The standard InChI is InChI=1S/C8H6BrNO3/c1-4-6(8(11)12)2-5(9)3-7(4)10-13/h2-3H,1H3,(H,11,12). The molecule has 1 N–H and O–H groups in total. The van der Waals surface area contributed by atoms with E-state index in [4.69, 9.17) is 5.11 Å². The Bertz CT molecular complexity index is 376. The van der Waals surface area contributed by atoms with Gasteiger partial charge in [-0.1, -0.05) is 15.9 Å². The van der Waals surface area contributed by atoms with Crippen molar-refractivity contribution in [3.63, 3.8) is 0 Å². The van der Waals surface area contributed by atoms with Gasteiger partial charge in [0.15, 0.2) is 0 Å². The van der Waals surface area contributed by atoms with Crippen molar-refractivity contribution in [1.29, 1.82) is 0 Å². The summed E-state index contributed by atoms with van der Waals surface area (Å²) in [6.07, 6.45) is 0. The molecule has 1 aromatic rings. The molecule has 0 atom stereocenters. The molecule has 1 aromatic carbocycles. The lowest BCUT2D eigenvalue weighted by Crippen LogP contribution is -1.99. The van der Waals surface area contributed by atoms with Gasteiger partial charge in [-0.15, -0.1) is 4.91 Å². The van der Waals surface area contributed by atoms with Crippen LogP contribution in [0.4, 0.5) is 5.69 Å². The molecule has 0 aliphatic rings. The summed E-state index contributed by atoms with van der Waals surface area (Å²) in [6, 6.07) is 2.92. The molecule has 0 aliphatic carbocycles. The monoisotopic (exact) mass is 243 g/mol. The third-order valence-corrected chi connectivity index (χ3v) is 2.13. The third-order valence-electron chi connectivity index (χ3n) is 1.67. The molecule has 0 spiro atoms. The molecule has 1 rings (SSSR count). The van der Waals surface area contributed by atoms with Gasteiger partial charge in [0.05, 0.1) is 5.56 Å². The predicted molar refractivity (Wildman–Crippen MR) is 51.3 cm³/mol. The summed E-state index contributed by atoms with van der Waals surface area (Å²) in [6.45, 7) is 1.55. The van der Waals surface area contributed by atoms with Gasteiger partial charge in [0.1, 0.15) is 5.69 Å². The largest absolute Gasteiger partial charge is 0.478 e. The van der Waals surface area contributed by atoms with Crippen molar-refractivity contribution in [3.05, 3.63) is 32.6 Å². The molecular weight excluding hydrogens is 238 g/mol. The first-order valence-corrected chi connectivity index (χ1v) is 4.22. The van der Waals surface area contributed by atoms with Gasteiger partial charge in [-0.2, -0.15) is 0 Å². The molecule has 5 heteroatoms. The molecule has 0 saturated carbocycles. The minimum Gasteiger partial charge on any atom is -0.478 e. The predicted octanol–water partition coefficient (Wildman–Crippen LogP) is 2.85. The van der Waals surface area contributed by atoms with Crippen LogP contribution in [-0.4, -0.2) is 11.1 Å². The summed E-state index contributed by atoms with van der Waals surface area (Å²) in [4.78, 5) is 21.0. The Kier molecular flexibility index (Phi) is 2.77. The lowest BCUT2D eigenvalue weighted by Gasteiger charge is -2.02. The first-order valence-electron chi connectivity index (χ1n) is 3.43. The highest BCUT2D eigenvalue weighted by atomic mass is 79.9. The van der Waals surface area contributed by atoms with Crippen molar-refractivity contribution in [1.82, 2.24) is 0 Å². The van der Waals surface area contributed by atoms with Crippen LogP contribution in [0.1, 0.15) is 15.9 Å². The van der Waals surface area contributed by atoms with Crippen LogP contribution in [0.2, 0.25) is 0 Å². The van der Waals surface area contributed by atoms with E-state index < -0.39 is 5.97 Å². The third kappa shape index (κ3) is 1.92. The highest BCUT2D eigenvalue weighted by Gasteiger charge is 2.12. The zero-order valence-corrected chi connectivity index (χ0v) is 8.33. The minimum absolute atomic E-state index is 0.0870. The number of halogens is 1. The number of benzene rings is 1. The van der Waals surface area contributed by atoms with Crippen molar-refractivity contribution < 1.29 is 9.90 Å². The van der Waals surface area contributed by atoms with E-state index in [2.05, 4.69) is 21.1 Å². The van der Waals surface area contributed by atoms with Crippen LogP contribution in [0, 0.1) is 11.8 Å². The highest BCUT2D eigenvalue weighted by Crippen LogP contribution is 2.27. The summed E-state index contributed by atoms with van der Waals surface area (Å²) >= 11 is 3.09. The maximum Gasteiger partial charge on any atom is 0.336 e. The Hall–Kier alpha value is -1.23. The molecule has 13 heavy (non-hydrogen) atoms. The number of carbonyl (C=O) groups is 1. The Morgan fingerprint density at radius 1 is 1.54 bits per heavy atom. The van der Waals surface area contributed by atoms with Gasteiger partial charge in [-0.05, 0) is 29.8 Å². The van der Waals surface area contributed by atoms with E-state index >= 15 is 0 Å². The summed E-state index contributed by atoms with van der Waals surface area (Å²) < 4.78 is 0.533. The number of nitroso groups, excluding NO2 is 1. The van der Waals surface area contributed by atoms with Crippen molar-refractivity contribution in [3.8, 4) is 0 Å². The minimum atomic E-state index is -1.07. The van der Waals surface area contributed by atoms with Gasteiger partial charge >= 0.3 is 5.97 Å². The molecule has 0 radical (unpaired) electrons. The lowest BCUT2D eigenvalue weighted by molar-refractivity contribution is 0.0696. The Labute approximate surface area is 82.7 Å². The molecular formula is C8H6BrNO3. The quantitative estimate of drug-likeness (QED) is 0.813. The number of carboxylic acids is 1. The molecule has 4 nitrogen and oxygen atoms in total. The average Bonchev–Trinajstić information content (AvgIpc) is 2.08. The Morgan fingerprint density at radius 3 is 2.62 bits per heavy atom. The van der Waals surface area contributed by atoms with E-state index in [0.29, 0.717) is 10.0 Å². The van der Waals surface area contributed by atoms with Crippen molar-refractivity contribution in [2.24, 2.45) is 5.18 Å². The molecule has 0 unspecified atom stereocenters. The number of nitrogens with zero attached hydrogens (tertiary/aromatic N) is 1. The molecule has 0 aliphatic heterocycles. The van der Waals surface area contributed by atoms with Crippen LogP contribution < -0.4 is 0 Å². The van der Waals surface area contributed by atoms with Crippen LogP contribution in [0.3, 0.4) is 0 Å². The number of hydrogen-bond donors (Lipinski definition) is 1. The van der Waals surface area contributed by atoms with Crippen LogP contribution in [0.5, 0.6) is 0 Å². The molecule has 0 saturated heterocycles. The molecule has 0 heterocycles. The summed E-state index contributed by atoms with van der Waals surface area (Å²) in [7, 11) is 0. The normalized spacial score (nSPS) is 9.69. The summed E-state index contributed by atoms with van der Waals surface area (Å²) in [5.41, 5.74) is 0.612. The molecule has 0 aromatic heterocycles. The van der Waals surface area contributed by atoms with Gasteiger partial charge in [-0.3, -0.25) is 0 Å². The van der Waals surface area contributed by atoms with Gasteiger partial charge < -0.3 is 5.11 Å².